The smallest absolute Gasteiger partial charge is 0.269 e. The van der Waals surface area contributed by atoms with Crippen LogP contribution in [0, 0.1) is 10.1 Å². The van der Waals surface area contributed by atoms with E-state index in [1.807, 2.05) is 12.1 Å². The lowest BCUT2D eigenvalue weighted by Gasteiger charge is -2.27. The average Bonchev–Trinajstić information content (AvgIpc) is 2.62. The van der Waals surface area contributed by atoms with Crippen molar-refractivity contribution in [2.45, 2.75) is 37.8 Å². The lowest BCUT2D eigenvalue weighted by Crippen LogP contribution is -2.44. The summed E-state index contributed by atoms with van der Waals surface area (Å²) in [6.07, 6.45) is 3.34. The van der Waals surface area contributed by atoms with Gasteiger partial charge in [0.15, 0.2) is 0 Å². The number of nitro benzene ring substituents is 1. The largest absolute Gasteiger partial charge is 0.348 e. The SMILES string of the molecule is NC(Cc1ccc([N+](=O)[O-])cc1)C(=O)NC1CCCc2ccccc21. The summed E-state index contributed by atoms with van der Waals surface area (Å²) in [6, 6.07) is 13.6. The van der Waals surface area contributed by atoms with Crippen molar-refractivity contribution in [2.75, 3.05) is 0 Å². The van der Waals surface area contributed by atoms with Crippen LogP contribution in [0.4, 0.5) is 5.69 Å². The Morgan fingerprint density at radius 1 is 1.24 bits per heavy atom. The number of benzene rings is 2. The Kier molecular flexibility index (Phi) is 5.09. The second-order valence-corrected chi connectivity index (χ2v) is 6.39. The molecule has 25 heavy (non-hydrogen) atoms. The molecular formula is C19H21N3O3. The number of fused-ring (bicyclic) bond motifs is 1. The van der Waals surface area contributed by atoms with Crippen LogP contribution in [0.2, 0.25) is 0 Å². The number of aryl methyl sites for hydroxylation is 1. The van der Waals surface area contributed by atoms with Gasteiger partial charge in [0.25, 0.3) is 5.69 Å². The van der Waals surface area contributed by atoms with Crippen molar-refractivity contribution >= 4 is 11.6 Å². The maximum atomic E-state index is 12.5. The van der Waals surface area contributed by atoms with E-state index in [9.17, 15) is 14.9 Å². The molecule has 0 spiro atoms. The molecule has 0 fully saturated rings. The van der Waals surface area contributed by atoms with E-state index < -0.39 is 11.0 Å². The summed E-state index contributed by atoms with van der Waals surface area (Å²) in [5.41, 5.74) is 9.32. The van der Waals surface area contributed by atoms with Crippen molar-refractivity contribution in [1.82, 2.24) is 5.32 Å². The molecule has 0 heterocycles. The van der Waals surface area contributed by atoms with E-state index in [-0.39, 0.29) is 17.6 Å². The maximum Gasteiger partial charge on any atom is 0.269 e. The van der Waals surface area contributed by atoms with Gasteiger partial charge in [0, 0.05) is 12.1 Å². The topological polar surface area (TPSA) is 98.3 Å². The normalized spacial score (nSPS) is 17.4. The minimum absolute atomic E-state index is 0.000334. The number of carbonyl (C=O) groups is 1. The van der Waals surface area contributed by atoms with Gasteiger partial charge < -0.3 is 11.1 Å². The predicted molar refractivity (Wildman–Crippen MR) is 95.0 cm³/mol. The molecule has 3 rings (SSSR count). The van der Waals surface area contributed by atoms with Crippen LogP contribution in [0.3, 0.4) is 0 Å². The van der Waals surface area contributed by atoms with Gasteiger partial charge in [0.1, 0.15) is 0 Å². The first-order valence-corrected chi connectivity index (χ1v) is 8.41. The molecule has 1 aliphatic rings. The molecule has 130 valence electrons. The van der Waals surface area contributed by atoms with E-state index in [1.54, 1.807) is 12.1 Å². The number of carbonyl (C=O) groups excluding carboxylic acids is 1. The van der Waals surface area contributed by atoms with Gasteiger partial charge in [-0.25, -0.2) is 0 Å². The molecule has 0 aromatic heterocycles. The predicted octanol–water partition coefficient (Wildman–Crippen LogP) is 2.66. The molecule has 2 aromatic rings. The van der Waals surface area contributed by atoms with Crippen molar-refractivity contribution in [3.63, 3.8) is 0 Å². The summed E-state index contributed by atoms with van der Waals surface area (Å²) in [5.74, 6) is -0.194. The van der Waals surface area contributed by atoms with E-state index >= 15 is 0 Å². The van der Waals surface area contributed by atoms with E-state index in [0.717, 1.165) is 24.8 Å². The monoisotopic (exact) mass is 339 g/mol. The summed E-state index contributed by atoms with van der Waals surface area (Å²) in [6.45, 7) is 0. The Hall–Kier alpha value is -2.73. The second-order valence-electron chi connectivity index (χ2n) is 6.39. The molecule has 3 N–H and O–H groups in total. The molecule has 2 atom stereocenters. The second kappa shape index (κ2) is 7.44. The maximum absolute atomic E-state index is 12.5. The zero-order chi connectivity index (χ0) is 17.8. The minimum Gasteiger partial charge on any atom is -0.348 e. The number of nitrogens with zero attached hydrogens (tertiary/aromatic N) is 1. The van der Waals surface area contributed by atoms with Gasteiger partial charge >= 0.3 is 0 Å². The summed E-state index contributed by atoms with van der Waals surface area (Å²) >= 11 is 0. The van der Waals surface area contributed by atoms with E-state index in [1.165, 1.54) is 23.3 Å². The summed E-state index contributed by atoms with van der Waals surface area (Å²) in [5, 5.41) is 13.7. The highest BCUT2D eigenvalue weighted by atomic mass is 16.6. The number of nitro groups is 1. The fourth-order valence-corrected chi connectivity index (χ4v) is 3.28. The van der Waals surface area contributed by atoms with Crippen LogP contribution in [0.1, 0.15) is 35.6 Å². The van der Waals surface area contributed by atoms with Crippen LogP contribution >= 0.6 is 0 Å². The summed E-state index contributed by atoms with van der Waals surface area (Å²) in [4.78, 5) is 22.7. The zero-order valence-corrected chi connectivity index (χ0v) is 13.9. The number of non-ortho nitro benzene ring substituents is 1. The first-order valence-electron chi connectivity index (χ1n) is 8.41. The van der Waals surface area contributed by atoms with Crippen LogP contribution < -0.4 is 11.1 Å². The lowest BCUT2D eigenvalue weighted by atomic mass is 9.87. The van der Waals surface area contributed by atoms with Gasteiger partial charge in [-0.3, -0.25) is 14.9 Å². The first kappa shape index (κ1) is 17.1. The van der Waals surface area contributed by atoms with E-state index in [2.05, 4.69) is 17.4 Å². The highest BCUT2D eigenvalue weighted by Gasteiger charge is 2.24. The molecule has 0 saturated heterocycles. The number of hydrogen-bond donors (Lipinski definition) is 2. The zero-order valence-electron chi connectivity index (χ0n) is 13.9. The molecular weight excluding hydrogens is 318 g/mol. The molecule has 1 amide bonds. The summed E-state index contributed by atoms with van der Waals surface area (Å²) < 4.78 is 0. The third kappa shape index (κ3) is 4.03. The van der Waals surface area contributed by atoms with Crippen LogP contribution in [-0.4, -0.2) is 16.9 Å². The standard InChI is InChI=1S/C19H21N3O3/c20-17(12-13-8-10-15(11-9-13)22(24)25)19(23)21-18-7-3-5-14-4-1-2-6-16(14)18/h1-2,4,6,8-11,17-18H,3,5,7,12,20H2,(H,21,23). The average molecular weight is 339 g/mol. The van der Waals surface area contributed by atoms with Gasteiger partial charge in [-0.05, 0) is 42.4 Å². The third-order valence-corrected chi connectivity index (χ3v) is 4.63. The summed E-state index contributed by atoms with van der Waals surface area (Å²) in [7, 11) is 0. The Labute approximate surface area is 146 Å². The van der Waals surface area contributed by atoms with Crippen LogP contribution in [0.5, 0.6) is 0 Å². The van der Waals surface area contributed by atoms with Gasteiger partial charge in [-0.15, -0.1) is 0 Å². The fraction of sp³-hybridized carbons (Fsp3) is 0.316. The minimum atomic E-state index is -0.685. The molecule has 6 nitrogen and oxygen atoms in total. The van der Waals surface area contributed by atoms with Crippen LogP contribution in [0.25, 0.3) is 0 Å². The van der Waals surface area contributed by atoms with Crippen molar-refractivity contribution in [2.24, 2.45) is 5.73 Å². The third-order valence-electron chi connectivity index (χ3n) is 4.63. The molecule has 0 saturated carbocycles. The number of amides is 1. The number of nitrogens with two attached hydrogens (primary N) is 1. The van der Waals surface area contributed by atoms with Crippen molar-refractivity contribution < 1.29 is 9.72 Å². The highest BCUT2D eigenvalue weighted by Crippen LogP contribution is 2.29. The van der Waals surface area contributed by atoms with Gasteiger partial charge in [0.2, 0.25) is 5.91 Å². The molecule has 0 radical (unpaired) electrons. The molecule has 6 heteroatoms. The number of rotatable bonds is 5. The lowest BCUT2D eigenvalue weighted by molar-refractivity contribution is -0.384. The van der Waals surface area contributed by atoms with Crippen molar-refractivity contribution in [3.05, 3.63) is 75.3 Å². The number of hydrogen-bond acceptors (Lipinski definition) is 4. The van der Waals surface area contributed by atoms with Gasteiger partial charge in [-0.2, -0.15) is 0 Å². The molecule has 0 bridgehead atoms. The first-order chi connectivity index (χ1) is 12.0. The van der Waals surface area contributed by atoms with E-state index in [4.69, 9.17) is 5.73 Å². The molecule has 2 unspecified atom stereocenters. The molecule has 1 aliphatic carbocycles. The van der Waals surface area contributed by atoms with E-state index in [0.29, 0.717) is 6.42 Å². The Morgan fingerprint density at radius 3 is 2.68 bits per heavy atom. The molecule has 0 aliphatic heterocycles. The Balaban J connectivity index is 1.62. The van der Waals surface area contributed by atoms with Crippen molar-refractivity contribution in [3.8, 4) is 0 Å². The highest BCUT2D eigenvalue weighted by molar-refractivity contribution is 5.82. The fourth-order valence-electron chi connectivity index (χ4n) is 3.28. The van der Waals surface area contributed by atoms with Crippen molar-refractivity contribution in [1.29, 1.82) is 0 Å². The number of nitrogens with one attached hydrogen (secondary N) is 1. The van der Waals surface area contributed by atoms with Gasteiger partial charge in [-0.1, -0.05) is 36.4 Å². The quantitative estimate of drug-likeness (QED) is 0.646. The Morgan fingerprint density at radius 2 is 1.96 bits per heavy atom. The van der Waals surface area contributed by atoms with Crippen LogP contribution in [0.15, 0.2) is 48.5 Å². The van der Waals surface area contributed by atoms with Gasteiger partial charge in [0.05, 0.1) is 17.0 Å². The Bertz CT molecular complexity index is 774. The molecule has 2 aromatic carbocycles. The van der Waals surface area contributed by atoms with Crippen LogP contribution in [-0.2, 0) is 17.6 Å².